The van der Waals surface area contributed by atoms with Crippen molar-refractivity contribution >= 4 is 24.0 Å². The van der Waals surface area contributed by atoms with Gasteiger partial charge in [-0.3, -0.25) is 4.79 Å². The lowest BCUT2D eigenvalue weighted by Gasteiger charge is -2.13. The van der Waals surface area contributed by atoms with Crippen molar-refractivity contribution < 1.29 is 41.8 Å². The normalized spacial score (nSPS) is 16.2. The lowest BCUT2D eigenvalue weighted by atomic mass is 9.94. The SMILES string of the molecule is CCOC(=O)/C=C/c1cc(C(F)(F)F)cc2c1C(=O)OC2CC(=O)OCC. The fraction of sp³-hybridized carbons (Fsp3) is 0.389. The van der Waals surface area contributed by atoms with Gasteiger partial charge in [-0.1, -0.05) is 0 Å². The third kappa shape index (κ3) is 4.87. The lowest BCUT2D eigenvalue weighted by Crippen LogP contribution is -2.11. The molecule has 1 aromatic carbocycles. The van der Waals surface area contributed by atoms with Crippen LogP contribution in [0.1, 0.15) is 53.4 Å². The molecule has 0 aliphatic carbocycles. The predicted octanol–water partition coefficient (Wildman–Crippen LogP) is 3.45. The number of cyclic esters (lactones) is 1. The Hall–Kier alpha value is -2.84. The first-order chi connectivity index (χ1) is 12.7. The van der Waals surface area contributed by atoms with E-state index in [9.17, 15) is 27.6 Å². The van der Waals surface area contributed by atoms with Crippen molar-refractivity contribution in [3.05, 3.63) is 40.5 Å². The highest BCUT2D eigenvalue weighted by Crippen LogP contribution is 2.40. The highest BCUT2D eigenvalue weighted by atomic mass is 19.4. The van der Waals surface area contributed by atoms with E-state index in [-0.39, 0.29) is 29.9 Å². The summed E-state index contributed by atoms with van der Waals surface area (Å²) in [6.07, 6.45) is -4.31. The van der Waals surface area contributed by atoms with Crippen LogP contribution in [0.15, 0.2) is 18.2 Å². The monoisotopic (exact) mass is 386 g/mol. The standard InChI is InChI=1S/C18H17F3O6/c1-3-25-14(22)6-5-10-7-11(18(19,20)21)8-12-13(9-15(23)26-4-2)27-17(24)16(10)12/h5-8,13H,3-4,9H2,1-2H3/b6-5+. The smallest absolute Gasteiger partial charge is 0.416 e. The number of fused-ring (bicyclic) bond motifs is 1. The minimum atomic E-state index is -4.69. The molecule has 146 valence electrons. The Morgan fingerprint density at radius 2 is 1.85 bits per heavy atom. The van der Waals surface area contributed by atoms with Crippen LogP contribution in [-0.4, -0.2) is 31.1 Å². The van der Waals surface area contributed by atoms with Gasteiger partial charge in [0.1, 0.15) is 6.10 Å². The largest absolute Gasteiger partial charge is 0.466 e. The summed E-state index contributed by atoms with van der Waals surface area (Å²) in [5, 5.41) is 0. The van der Waals surface area contributed by atoms with Gasteiger partial charge in [-0.15, -0.1) is 0 Å². The molecule has 0 radical (unpaired) electrons. The zero-order valence-corrected chi connectivity index (χ0v) is 14.6. The van der Waals surface area contributed by atoms with Crippen molar-refractivity contribution in [3.8, 4) is 0 Å². The van der Waals surface area contributed by atoms with Gasteiger partial charge in [-0.05, 0) is 37.6 Å². The van der Waals surface area contributed by atoms with Crippen LogP contribution in [0.25, 0.3) is 6.08 Å². The Bertz CT molecular complexity index is 782. The zero-order chi connectivity index (χ0) is 20.2. The van der Waals surface area contributed by atoms with Crippen LogP contribution in [0, 0.1) is 0 Å². The first-order valence-corrected chi connectivity index (χ1v) is 8.13. The second kappa shape index (κ2) is 8.24. The summed E-state index contributed by atoms with van der Waals surface area (Å²) in [7, 11) is 0. The van der Waals surface area contributed by atoms with Crippen LogP contribution >= 0.6 is 0 Å². The number of benzene rings is 1. The fourth-order valence-electron chi connectivity index (χ4n) is 2.60. The van der Waals surface area contributed by atoms with Crippen LogP contribution in [0.3, 0.4) is 0 Å². The van der Waals surface area contributed by atoms with E-state index in [1.807, 2.05) is 0 Å². The molecule has 1 aliphatic heterocycles. The highest BCUT2D eigenvalue weighted by molar-refractivity contribution is 6.00. The summed E-state index contributed by atoms with van der Waals surface area (Å²) in [4.78, 5) is 35.3. The minimum absolute atomic E-state index is 0.0774. The Kier molecular flexibility index (Phi) is 6.24. The van der Waals surface area contributed by atoms with Crippen molar-refractivity contribution in [3.63, 3.8) is 0 Å². The molecule has 0 bridgehead atoms. The van der Waals surface area contributed by atoms with E-state index in [2.05, 4.69) is 4.74 Å². The second-order valence-corrected chi connectivity index (χ2v) is 5.52. The van der Waals surface area contributed by atoms with Crippen molar-refractivity contribution in [2.75, 3.05) is 13.2 Å². The molecule has 0 fully saturated rings. The molecule has 1 heterocycles. The van der Waals surface area contributed by atoms with Crippen LogP contribution in [0.5, 0.6) is 0 Å². The van der Waals surface area contributed by atoms with E-state index in [0.717, 1.165) is 24.3 Å². The average molecular weight is 386 g/mol. The van der Waals surface area contributed by atoms with Crippen LogP contribution in [0.4, 0.5) is 13.2 Å². The van der Waals surface area contributed by atoms with E-state index in [0.29, 0.717) is 0 Å². The number of carbonyl (C=O) groups is 3. The molecular weight excluding hydrogens is 369 g/mol. The van der Waals surface area contributed by atoms with E-state index >= 15 is 0 Å². The molecule has 0 aromatic heterocycles. The molecule has 9 heteroatoms. The fourth-order valence-corrected chi connectivity index (χ4v) is 2.60. The molecule has 2 rings (SSSR count). The summed E-state index contributed by atoms with van der Waals surface area (Å²) in [6, 6.07) is 1.51. The second-order valence-electron chi connectivity index (χ2n) is 5.52. The number of hydrogen-bond acceptors (Lipinski definition) is 6. The summed E-state index contributed by atoms with van der Waals surface area (Å²) in [6.45, 7) is 3.33. The number of alkyl halides is 3. The number of rotatable bonds is 6. The van der Waals surface area contributed by atoms with E-state index in [4.69, 9.17) is 9.47 Å². The minimum Gasteiger partial charge on any atom is -0.466 e. The molecule has 1 aromatic rings. The molecule has 0 amide bonds. The average Bonchev–Trinajstić information content (AvgIpc) is 2.88. The summed E-state index contributed by atoms with van der Waals surface area (Å²) < 4.78 is 54.2. The summed E-state index contributed by atoms with van der Waals surface area (Å²) in [5.41, 5.74) is -1.38. The Morgan fingerprint density at radius 1 is 1.19 bits per heavy atom. The van der Waals surface area contributed by atoms with Gasteiger partial charge in [0.2, 0.25) is 0 Å². The molecule has 1 atom stereocenters. The molecule has 1 aliphatic rings. The van der Waals surface area contributed by atoms with Crippen molar-refractivity contribution in [1.82, 2.24) is 0 Å². The molecule has 0 saturated heterocycles. The molecular formula is C18H17F3O6. The predicted molar refractivity (Wildman–Crippen MR) is 86.5 cm³/mol. The van der Waals surface area contributed by atoms with Gasteiger partial charge in [-0.2, -0.15) is 13.2 Å². The molecule has 0 N–H and O–H groups in total. The molecule has 6 nitrogen and oxygen atoms in total. The van der Waals surface area contributed by atoms with Gasteiger partial charge in [-0.25, -0.2) is 9.59 Å². The molecule has 27 heavy (non-hydrogen) atoms. The Labute approximate surface area is 152 Å². The van der Waals surface area contributed by atoms with E-state index in [1.54, 1.807) is 13.8 Å². The van der Waals surface area contributed by atoms with Crippen LogP contribution < -0.4 is 0 Å². The number of esters is 3. The van der Waals surface area contributed by atoms with Gasteiger partial charge in [0.15, 0.2) is 0 Å². The number of carbonyl (C=O) groups excluding carboxylic acids is 3. The quantitative estimate of drug-likeness (QED) is 0.423. The van der Waals surface area contributed by atoms with Gasteiger partial charge in [0.05, 0.1) is 30.8 Å². The maximum Gasteiger partial charge on any atom is 0.416 e. The van der Waals surface area contributed by atoms with Crippen LogP contribution in [0.2, 0.25) is 0 Å². The highest BCUT2D eigenvalue weighted by Gasteiger charge is 2.39. The van der Waals surface area contributed by atoms with Gasteiger partial charge < -0.3 is 14.2 Å². The maximum absolute atomic E-state index is 13.2. The van der Waals surface area contributed by atoms with Crippen molar-refractivity contribution in [2.45, 2.75) is 32.5 Å². The van der Waals surface area contributed by atoms with E-state index in [1.165, 1.54) is 0 Å². The Balaban J connectivity index is 2.49. The number of ether oxygens (including phenoxy) is 3. The number of halogens is 3. The zero-order valence-electron chi connectivity index (χ0n) is 14.6. The van der Waals surface area contributed by atoms with Crippen LogP contribution in [-0.2, 0) is 30.0 Å². The van der Waals surface area contributed by atoms with Gasteiger partial charge in [0, 0.05) is 11.6 Å². The first-order valence-electron chi connectivity index (χ1n) is 8.13. The van der Waals surface area contributed by atoms with Gasteiger partial charge in [0.25, 0.3) is 0 Å². The Morgan fingerprint density at radius 3 is 2.44 bits per heavy atom. The number of hydrogen-bond donors (Lipinski definition) is 0. The molecule has 1 unspecified atom stereocenters. The summed E-state index contributed by atoms with van der Waals surface area (Å²) >= 11 is 0. The van der Waals surface area contributed by atoms with Crippen molar-refractivity contribution in [2.24, 2.45) is 0 Å². The first kappa shape index (κ1) is 20.5. The summed E-state index contributed by atoms with van der Waals surface area (Å²) in [5.74, 6) is -2.35. The topological polar surface area (TPSA) is 78.9 Å². The molecule has 0 saturated carbocycles. The van der Waals surface area contributed by atoms with Gasteiger partial charge >= 0.3 is 24.1 Å². The third-order valence-electron chi connectivity index (χ3n) is 3.67. The van der Waals surface area contributed by atoms with E-state index < -0.39 is 42.2 Å². The lowest BCUT2D eigenvalue weighted by molar-refractivity contribution is -0.145. The third-order valence-corrected chi connectivity index (χ3v) is 3.67. The van der Waals surface area contributed by atoms with Crippen molar-refractivity contribution in [1.29, 1.82) is 0 Å². The molecule has 0 spiro atoms. The maximum atomic E-state index is 13.2.